The van der Waals surface area contributed by atoms with E-state index in [1.165, 1.54) is 0 Å². The Labute approximate surface area is 127 Å². The van der Waals surface area contributed by atoms with Crippen LogP contribution < -0.4 is 5.73 Å². The number of hydrogen-bond donors (Lipinski definition) is 1. The van der Waals surface area contributed by atoms with Gasteiger partial charge in [-0.05, 0) is 22.6 Å². The summed E-state index contributed by atoms with van der Waals surface area (Å²) in [5.74, 6) is 0. The lowest BCUT2D eigenvalue weighted by Crippen LogP contribution is -2.15. The minimum atomic E-state index is -3.35. The van der Waals surface area contributed by atoms with Gasteiger partial charge < -0.3 is 5.73 Å². The van der Waals surface area contributed by atoms with Crippen molar-refractivity contribution in [2.24, 2.45) is 5.73 Å². The first-order chi connectivity index (χ1) is 8.13. The normalized spacial score (nSPS) is 12.8. The maximum atomic E-state index is 12.0. The summed E-state index contributed by atoms with van der Waals surface area (Å²) in [6.45, 7) is 6.30. The van der Waals surface area contributed by atoms with Gasteiger partial charge in [0.2, 0.25) is 0 Å². The molecule has 1 aromatic rings. The van der Waals surface area contributed by atoms with Crippen molar-refractivity contribution in [3.8, 4) is 0 Å². The molecule has 0 unspecified atom stereocenters. The summed E-state index contributed by atoms with van der Waals surface area (Å²) in [5, 5.41) is 0.252. The summed E-state index contributed by atoms with van der Waals surface area (Å²) in [4.78, 5) is 0.187. The summed E-state index contributed by atoms with van der Waals surface area (Å²) in [6.07, 6.45) is 0. The zero-order valence-corrected chi connectivity index (χ0v) is 14.4. The van der Waals surface area contributed by atoms with E-state index in [1.807, 2.05) is 49.4 Å². The number of sulfone groups is 1. The Kier molecular flexibility index (Phi) is 5.08. The Hall–Kier alpha value is 0.150. The maximum absolute atomic E-state index is 12.0. The monoisotopic (exact) mass is 401 g/mol. The van der Waals surface area contributed by atoms with Crippen molar-refractivity contribution in [2.75, 3.05) is 3.76 Å². The molecule has 0 radical (unpaired) electrons. The van der Waals surface area contributed by atoms with Crippen LogP contribution in [0, 0.1) is 0 Å². The molecule has 3 nitrogen and oxygen atoms in total. The van der Waals surface area contributed by atoms with Gasteiger partial charge in [-0.3, -0.25) is 0 Å². The lowest BCUT2D eigenvalue weighted by Gasteiger charge is -2.22. The quantitative estimate of drug-likeness (QED) is 0.625. The molecular formula is C12H17ClINO2S. The Bertz CT molecular complexity index is 550. The van der Waals surface area contributed by atoms with Crippen molar-refractivity contribution >= 4 is 44.0 Å². The molecule has 2 N–H and O–H groups in total. The fourth-order valence-corrected chi connectivity index (χ4v) is 3.90. The molecule has 0 aliphatic rings. The van der Waals surface area contributed by atoms with E-state index in [4.69, 9.17) is 17.3 Å². The van der Waals surface area contributed by atoms with Gasteiger partial charge >= 0.3 is 0 Å². The summed E-state index contributed by atoms with van der Waals surface area (Å²) in [5.41, 5.74) is 7.09. The number of rotatable bonds is 3. The van der Waals surface area contributed by atoms with Crippen molar-refractivity contribution in [1.82, 2.24) is 0 Å². The van der Waals surface area contributed by atoms with E-state index in [-0.39, 0.29) is 25.6 Å². The predicted octanol–water partition coefficient (Wildman–Crippen LogP) is 3.26. The summed E-state index contributed by atoms with van der Waals surface area (Å²) in [7, 11) is -3.35. The van der Waals surface area contributed by atoms with Gasteiger partial charge in [-0.2, -0.15) is 0 Å². The second-order valence-electron chi connectivity index (χ2n) is 5.13. The van der Waals surface area contributed by atoms with Crippen LogP contribution in [0.5, 0.6) is 0 Å². The Balaban J connectivity index is 3.62. The van der Waals surface area contributed by atoms with Gasteiger partial charge in [-0.25, -0.2) is 8.42 Å². The van der Waals surface area contributed by atoms with Gasteiger partial charge in [0.25, 0.3) is 0 Å². The largest absolute Gasteiger partial charge is 0.326 e. The number of nitrogens with two attached hydrogens (primary N) is 1. The molecule has 0 atom stereocenters. The molecule has 0 aliphatic carbocycles. The molecule has 0 heterocycles. The third kappa shape index (κ3) is 3.37. The van der Waals surface area contributed by atoms with Gasteiger partial charge in [0.15, 0.2) is 9.84 Å². The molecule has 18 heavy (non-hydrogen) atoms. The molecule has 0 saturated heterocycles. The Morgan fingerprint density at radius 2 is 1.89 bits per heavy atom. The molecule has 0 amide bonds. The highest BCUT2D eigenvalue weighted by Crippen LogP contribution is 2.33. The highest BCUT2D eigenvalue weighted by atomic mass is 127. The van der Waals surface area contributed by atoms with Crippen LogP contribution in [0.1, 0.15) is 31.9 Å². The average Bonchev–Trinajstić information content (AvgIpc) is 2.27. The van der Waals surface area contributed by atoms with Crippen LogP contribution in [-0.4, -0.2) is 12.2 Å². The molecule has 0 spiro atoms. The zero-order chi connectivity index (χ0) is 14.1. The van der Waals surface area contributed by atoms with Gasteiger partial charge in [0.05, 0.1) is 9.92 Å². The van der Waals surface area contributed by atoms with E-state index in [2.05, 4.69) is 0 Å². The van der Waals surface area contributed by atoms with E-state index in [9.17, 15) is 8.42 Å². The summed E-state index contributed by atoms with van der Waals surface area (Å²) < 4.78 is 24.1. The summed E-state index contributed by atoms with van der Waals surface area (Å²) >= 11 is 7.96. The van der Waals surface area contributed by atoms with Gasteiger partial charge in [0, 0.05) is 6.54 Å². The SMILES string of the molecule is CC(C)(C)c1cc(CN)c(Cl)c(S(=O)(=O)CI)c1. The van der Waals surface area contributed by atoms with Gasteiger partial charge in [0.1, 0.15) is 3.76 Å². The van der Waals surface area contributed by atoms with E-state index >= 15 is 0 Å². The van der Waals surface area contributed by atoms with Crippen molar-refractivity contribution < 1.29 is 8.42 Å². The molecule has 0 bridgehead atoms. The molecule has 0 saturated carbocycles. The molecular weight excluding hydrogens is 385 g/mol. The molecule has 6 heteroatoms. The fourth-order valence-electron chi connectivity index (χ4n) is 1.52. The van der Waals surface area contributed by atoms with Gasteiger partial charge in [-0.1, -0.05) is 61.0 Å². The first-order valence-electron chi connectivity index (χ1n) is 5.45. The van der Waals surface area contributed by atoms with E-state index in [0.29, 0.717) is 5.56 Å². The van der Waals surface area contributed by atoms with E-state index < -0.39 is 9.84 Å². The number of halogens is 2. The Morgan fingerprint density at radius 1 is 1.33 bits per heavy atom. The van der Waals surface area contributed by atoms with E-state index in [0.717, 1.165) is 5.56 Å². The van der Waals surface area contributed by atoms with Crippen molar-refractivity contribution in [2.45, 2.75) is 37.6 Å². The molecule has 0 aliphatic heterocycles. The minimum Gasteiger partial charge on any atom is -0.326 e. The number of hydrogen-bond acceptors (Lipinski definition) is 3. The smallest absolute Gasteiger partial charge is 0.189 e. The first kappa shape index (κ1) is 16.2. The molecule has 1 rings (SSSR count). The molecule has 0 fully saturated rings. The topological polar surface area (TPSA) is 60.2 Å². The minimum absolute atomic E-state index is 0.00207. The molecule has 0 aromatic heterocycles. The number of alkyl halides is 1. The van der Waals surface area contributed by atoms with Crippen LogP contribution in [0.3, 0.4) is 0 Å². The zero-order valence-electron chi connectivity index (χ0n) is 10.6. The molecule has 1 aromatic carbocycles. The fraction of sp³-hybridized carbons (Fsp3) is 0.500. The van der Waals surface area contributed by atoms with Crippen LogP contribution in [0.4, 0.5) is 0 Å². The van der Waals surface area contributed by atoms with Crippen molar-refractivity contribution in [3.05, 3.63) is 28.3 Å². The highest BCUT2D eigenvalue weighted by molar-refractivity contribution is 14.1. The first-order valence-corrected chi connectivity index (χ1v) is 9.00. The van der Waals surface area contributed by atoms with Crippen molar-refractivity contribution in [3.63, 3.8) is 0 Å². The average molecular weight is 402 g/mol. The van der Waals surface area contributed by atoms with Gasteiger partial charge in [-0.15, -0.1) is 0 Å². The van der Waals surface area contributed by atoms with Crippen LogP contribution in [-0.2, 0) is 21.8 Å². The number of benzene rings is 1. The third-order valence-electron chi connectivity index (χ3n) is 2.68. The lowest BCUT2D eigenvalue weighted by molar-refractivity contribution is 0.584. The van der Waals surface area contributed by atoms with Crippen LogP contribution in [0.2, 0.25) is 5.02 Å². The van der Waals surface area contributed by atoms with Crippen LogP contribution in [0.15, 0.2) is 17.0 Å². The summed E-state index contributed by atoms with van der Waals surface area (Å²) in [6, 6.07) is 3.55. The van der Waals surface area contributed by atoms with Crippen LogP contribution in [0.25, 0.3) is 0 Å². The standard InChI is InChI=1S/C12H17ClINO2S/c1-12(2,3)9-4-8(6-15)11(13)10(5-9)18(16,17)7-14/h4-5H,6-7,15H2,1-3H3. The molecule has 102 valence electrons. The lowest BCUT2D eigenvalue weighted by atomic mass is 9.86. The predicted molar refractivity (Wildman–Crippen MR) is 84.1 cm³/mol. The van der Waals surface area contributed by atoms with Crippen molar-refractivity contribution in [1.29, 1.82) is 0 Å². The Morgan fingerprint density at radius 3 is 2.28 bits per heavy atom. The second kappa shape index (κ2) is 5.64. The van der Waals surface area contributed by atoms with E-state index in [1.54, 1.807) is 6.07 Å². The maximum Gasteiger partial charge on any atom is 0.189 e. The second-order valence-corrected chi connectivity index (χ2v) is 9.26. The highest BCUT2D eigenvalue weighted by Gasteiger charge is 2.23. The van der Waals surface area contributed by atoms with Crippen LogP contribution >= 0.6 is 34.2 Å². The third-order valence-corrected chi connectivity index (χ3v) is 6.98.